The van der Waals surface area contributed by atoms with Crippen LogP contribution >= 0.6 is 22.9 Å². The van der Waals surface area contributed by atoms with Crippen LogP contribution in [0.15, 0.2) is 18.2 Å². The van der Waals surface area contributed by atoms with Crippen molar-refractivity contribution in [1.29, 1.82) is 0 Å². The number of nitrogens with zero attached hydrogens (tertiary/aromatic N) is 5. The number of hydrogen-bond donors (Lipinski definition) is 2. The van der Waals surface area contributed by atoms with Crippen LogP contribution in [0.4, 0.5) is 19.7 Å². The van der Waals surface area contributed by atoms with E-state index in [9.17, 15) is 4.39 Å². The molecule has 0 aliphatic carbocycles. The number of likely N-dealkylation sites (N-methyl/N-ethyl adjacent to an activating group) is 1. The first-order valence-electron chi connectivity index (χ1n) is 13.2. The van der Waals surface area contributed by atoms with Gasteiger partial charge in [0.15, 0.2) is 10.9 Å². The number of aromatic nitrogens is 3. The van der Waals surface area contributed by atoms with E-state index in [0.29, 0.717) is 35.2 Å². The summed E-state index contributed by atoms with van der Waals surface area (Å²) in [5, 5.41) is 4.35. The molecule has 204 valence electrons. The van der Waals surface area contributed by atoms with Crippen LogP contribution in [0.1, 0.15) is 12.8 Å². The van der Waals surface area contributed by atoms with Gasteiger partial charge in [0.25, 0.3) is 0 Å². The first-order chi connectivity index (χ1) is 18.9. The van der Waals surface area contributed by atoms with Gasteiger partial charge in [-0.2, -0.15) is 9.97 Å². The summed E-state index contributed by atoms with van der Waals surface area (Å²) >= 11 is 7.77. The van der Waals surface area contributed by atoms with E-state index in [-0.39, 0.29) is 43.5 Å². The van der Waals surface area contributed by atoms with Gasteiger partial charge < -0.3 is 25.6 Å². The van der Waals surface area contributed by atoms with Crippen LogP contribution < -0.4 is 20.7 Å². The summed E-state index contributed by atoms with van der Waals surface area (Å²) in [7, 11) is 2.08. The highest BCUT2D eigenvalue weighted by molar-refractivity contribution is 7.22. The summed E-state index contributed by atoms with van der Waals surface area (Å²) in [5.74, 6) is 0.553. The van der Waals surface area contributed by atoms with Crippen molar-refractivity contribution in [2.75, 3.05) is 57.0 Å². The van der Waals surface area contributed by atoms with Crippen molar-refractivity contribution in [2.45, 2.75) is 18.9 Å². The molecule has 2 aromatic carbocycles. The maximum absolute atomic E-state index is 16.5. The molecule has 3 saturated heterocycles. The summed E-state index contributed by atoms with van der Waals surface area (Å²) in [6, 6.07) is 4.87. The molecule has 0 bridgehead atoms. The van der Waals surface area contributed by atoms with E-state index in [4.69, 9.17) is 27.1 Å². The van der Waals surface area contributed by atoms with E-state index in [2.05, 4.69) is 32.1 Å². The van der Waals surface area contributed by atoms with Crippen molar-refractivity contribution in [3.05, 3.63) is 34.9 Å². The first kappa shape index (κ1) is 25.1. The molecule has 4 aromatic rings. The van der Waals surface area contributed by atoms with Crippen LogP contribution in [-0.2, 0) is 0 Å². The number of thiazole rings is 1. The summed E-state index contributed by atoms with van der Waals surface area (Å²) in [5.41, 5.74) is 6.73. The Morgan fingerprint density at radius 2 is 1.95 bits per heavy atom. The SMILES string of the molecule is CN1CCCC1COc1nc(N2CC3CNCC3C2)c2cc(Cl)c(-c3ccc(F)c4sc(N)nc34)c(F)c2n1. The number of nitrogens with one attached hydrogen (secondary N) is 1. The maximum Gasteiger partial charge on any atom is 0.319 e. The van der Waals surface area contributed by atoms with E-state index < -0.39 is 11.6 Å². The molecule has 3 unspecified atom stereocenters. The van der Waals surface area contributed by atoms with Gasteiger partial charge >= 0.3 is 6.01 Å². The molecule has 3 atom stereocenters. The molecule has 0 amide bonds. The molecule has 3 fully saturated rings. The molecule has 3 aliphatic rings. The normalized spacial score (nSPS) is 23.4. The lowest BCUT2D eigenvalue weighted by molar-refractivity contribution is 0.188. The predicted octanol–water partition coefficient (Wildman–Crippen LogP) is 4.55. The maximum atomic E-state index is 16.5. The second kappa shape index (κ2) is 9.65. The van der Waals surface area contributed by atoms with Crippen LogP contribution in [-0.4, -0.2) is 72.3 Å². The molecule has 5 heterocycles. The standard InChI is InChI=1S/C27H28ClF2N7OS/c1-36-6-2-3-15(36)12-38-27-34-22-17(25(35-27)37-10-13-8-32-9-14(13)11-37)7-18(28)20(21(22)30)16-4-5-19(29)24-23(16)33-26(31)39-24/h4-5,7,13-15,32H,2-3,6,8-12H2,1H3,(H2,31,33). The molecule has 7 rings (SSSR count). The number of hydrogen-bond acceptors (Lipinski definition) is 9. The van der Waals surface area contributed by atoms with Crippen molar-refractivity contribution < 1.29 is 13.5 Å². The molecule has 2 aromatic heterocycles. The Balaban J connectivity index is 1.37. The van der Waals surface area contributed by atoms with Crippen LogP contribution in [0, 0.1) is 23.5 Å². The minimum absolute atomic E-state index is 0.105. The molecule has 0 radical (unpaired) electrons. The minimum atomic E-state index is -0.621. The van der Waals surface area contributed by atoms with Crippen molar-refractivity contribution in [2.24, 2.45) is 11.8 Å². The number of likely N-dealkylation sites (tertiary alicyclic amines) is 1. The summed E-state index contributed by atoms with van der Waals surface area (Å²) < 4.78 is 37.4. The second-order valence-corrected chi connectivity index (χ2v) is 12.2. The fraction of sp³-hybridized carbons (Fsp3) is 0.444. The van der Waals surface area contributed by atoms with E-state index in [1.54, 1.807) is 6.07 Å². The highest BCUT2D eigenvalue weighted by Gasteiger charge is 2.38. The van der Waals surface area contributed by atoms with E-state index in [1.165, 1.54) is 12.1 Å². The number of fused-ring (bicyclic) bond motifs is 3. The Morgan fingerprint density at radius 1 is 1.15 bits per heavy atom. The van der Waals surface area contributed by atoms with Crippen LogP contribution in [0.25, 0.3) is 32.2 Å². The third kappa shape index (κ3) is 4.26. The predicted molar refractivity (Wildman–Crippen MR) is 151 cm³/mol. The van der Waals surface area contributed by atoms with Gasteiger partial charge in [-0.3, -0.25) is 0 Å². The van der Waals surface area contributed by atoms with Crippen LogP contribution in [0.2, 0.25) is 5.02 Å². The number of rotatable bonds is 5. The molecule has 0 spiro atoms. The fourth-order valence-corrected chi connectivity index (χ4v) is 7.35. The molecule has 12 heteroatoms. The number of halogens is 3. The topological polar surface area (TPSA) is 92.4 Å². The van der Waals surface area contributed by atoms with Crippen molar-refractivity contribution in [3.63, 3.8) is 0 Å². The van der Waals surface area contributed by atoms with Gasteiger partial charge in [0.1, 0.15) is 23.8 Å². The molecule has 3 aliphatic heterocycles. The monoisotopic (exact) mass is 571 g/mol. The Bertz CT molecular complexity index is 1590. The van der Waals surface area contributed by atoms with E-state index in [0.717, 1.165) is 56.9 Å². The van der Waals surface area contributed by atoms with E-state index >= 15 is 4.39 Å². The summed E-state index contributed by atoms with van der Waals surface area (Å²) in [6.07, 6.45) is 2.15. The van der Waals surface area contributed by atoms with Gasteiger partial charge in [-0.1, -0.05) is 22.9 Å². The molecule has 3 N–H and O–H groups in total. The lowest BCUT2D eigenvalue weighted by Gasteiger charge is -2.23. The number of benzene rings is 2. The largest absolute Gasteiger partial charge is 0.462 e. The minimum Gasteiger partial charge on any atom is -0.462 e. The Hall–Kier alpha value is -2.86. The third-order valence-corrected chi connectivity index (χ3v) is 9.58. The highest BCUT2D eigenvalue weighted by atomic mass is 35.5. The Kier molecular flexibility index (Phi) is 6.22. The van der Waals surface area contributed by atoms with Gasteiger partial charge in [0.2, 0.25) is 0 Å². The zero-order valence-corrected chi connectivity index (χ0v) is 23.0. The lowest BCUT2D eigenvalue weighted by Crippen LogP contribution is -2.31. The number of anilines is 2. The molecule has 39 heavy (non-hydrogen) atoms. The second-order valence-electron chi connectivity index (χ2n) is 10.8. The Morgan fingerprint density at radius 3 is 2.69 bits per heavy atom. The lowest BCUT2D eigenvalue weighted by atomic mass is 10.0. The van der Waals surface area contributed by atoms with Crippen molar-refractivity contribution in [1.82, 2.24) is 25.2 Å². The average molecular weight is 572 g/mol. The number of nitrogen functional groups attached to an aromatic ring is 1. The smallest absolute Gasteiger partial charge is 0.319 e. The molecular weight excluding hydrogens is 544 g/mol. The van der Waals surface area contributed by atoms with Gasteiger partial charge in [-0.05, 0) is 56.5 Å². The average Bonchev–Trinajstić information content (AvgIpc) is 3.68. The zero-order chi connectivity index (χ0) is 26.8. The zero-order valence-electron chi connectivity index (χ0n) is 21.4. The molecule has 0 saturated carbocycles. The van der Waals surface area contributed by atoms with Gasteiger partial charge in [0, 0.05) is 48.7 Å². The quantitative estimate of drug-likeness (QED) is 0.360. The Labute approximate surface area is 233 Å². The highest BCUT2D eigenvalue weighted by Crippen LogP contribution is 2.43. The van der Waals surface area contributed by atoms with Gasteiger partial charge in [0.05, 0.1) is 15.2 Å². The summed E-state index contributed by atoms with van der Waals surface area (Å²) in [6.45, 7) is 4.98. The van der Waals surface area contributed by atoms with Crippen molar-refractivity contribution in [3.8, 4) is 17.1 Å². The van der Waals surface area contributed by atoms with Crippen molar-refractivity contribution >= 4 is 55.0 Å². The van der Waals surface area contributed by atoms with E-state index in [1.807, 2.05) is 0 Å². The number of ether oxygens (including phenoxy) is 1. The summed E-state index contributed by atoms with van der Waals surface area (Å²) in [4.78, 5) is 18.1. The third-order valence-electron chi connectivity index (χ3n) is 8.39. The molecular formula is C27H28ClF2N7OS. The fourth-order valence-electron chi connectivity index (χ4n) is 6.30. The van der Waals surface area contributed by atoms with Gasteiger partial charge in [-0.25, -0.2) is 13.8 Å². The number of nitrogens with two attached hydrogens (primary N) is 1. The van der Waals surface area contributed by atoms with Crippen LogP contribution in [0.5, 0.6) is 6.01 Å². The van der Waals surface area contributed by atoms with Gasteiger partial charge in [-0.15, -0.1) is 0 Å². The molecule has 8 nitrogen and oxygen atoms in total. The van der Waals surface area contributed by atoms with Crippen LogP contribution in [0.3, 0.4) is 0 Å². The first-order valence-corrected chi connectivity index (χ1v) is 14.4.